The first kappa shape index (κ1) is 14.0. The van der Waals surface area contributed by atoms with Gasteiger partial charge < -0.3 is 21.1 Å². The van der Waals surface area contributed by atoms with Crippen molar-refractivity contribution in [3.63, 3.8) is 0 Å². The Hall–Kier alpha value is -2.05. The number of nitrogens with two attached hydrogens (primary N) is 2. The monoisotopic (exact) mass is 261 g/mol. The zero-order valence-electron chi connectivity index (χ0n) is 10.0. The van der Waals surface area contributed by atoms with Crippen molar-refractivity contribution in [1.29, 1.82) is 0 Å². The van der Waals surface area contributed by atoms with Gasteiger partial charge in [-0.1, -0.05) is 6.58 Å². The van der Waals surface area contributed by atoms with Crippen LogP contribution in [0, 0.1) is 5.82 Å². The topological polar surface area (TPSA) is 64.5 Å². The number of benzene rings is 1. The maximum absolute atomic E-state index is 13.6. The van der Waals surface area contributed by atoms with Crippen molar-refractivity contribution in [2.24, 2.45) is 0 Å². The average molecular weight is 261 g/mol. The van der Waals surface area contributed by atoms with Gasteiger partial charge in [0, 0.05) is 20.2 Å². The summed E-state index contributed by atoms with van der Waals surface area (Å²) in [7, 11) is 2.76. The van der Waals surface area contributed by atoms with Gasteiger partial charge in [-0.05, 0) is 6.07 Å². The summed E-state index contributed by atoms with van der Waals surface area (Å²) in [6.45, 7) is 3.18. The number of halogens is 3. The molecule has 4 nitrogen and oxygen atoms in total. The first-order valence-electron chi connectivity index (χ1n) is 4.93. The summed E-state index contributed by atoms with van der Waals surface area (Å²) >= 11 is 0. The first-order chi connectivity index (χ1) is 8.15. The molecular formula is C11H14F3N3O. The predicted octanol–water partition coefficient (Wildman–Crippen LogP) is 2.04. The Bertz CT molecular complexity index is 475. The molecule has 0 unspecified atom stereocenters. The van der Waals surface area contributed by atoms with Crippen molar-refractivity contribution in [3.8, 4) is 5.75 Å². The number of nitrogens with zero attached hydrogens (tertiary/aromatic N) is 1. The Kier molecular flexibility index (Phi) is 3.64. The van der Waals surface area contributed by atoms with Gasteiger partial charge in [0.05, 0.1) is 11.4 Å². The van der Waals surface area contributed by atoms with E-state index in [-0.39, 0.29) is 11.4 Å². The lowest BCUT2D eigenvalue weighted by Gasteiger charge is -2.25. The minimum absolute atomic E-state index is 0.180. The van der Waals surface area contributed by atoms with Gasteiger partial charge in [0.25, 0.3) is 0 Å². The number of anilines is 2. The van der Waals surface area contributed by atoms with E-state index in [0.717, 1.165) is 11.0 Å². The van der Waals surface area contributed by atoms with Crippen molar-refractivity contribution in [1.82, 2.24) is 4.90 Å². The third-order valence-electron chi connectivity index (χ3n) is 2.24. The Morgan fingerprint density at radius 3 is 2.33 bits per heavy atom. The minimum Gasteiger partial charge on any atom is -0.426 e. The molecule has 100 valence electrons. The fourth-order valence-electron chi connectivity index (χ4n) is 1.14. The quantitative estimate of drug-likeness (QED) is 0.814. The minimum atomic E-state index is -3.69. The molecule has 4 N–H and O–H groups in total. The lowest BCUT2D eigenvalue weighted by molar-refractivity contribution is -0.154. The Labute approximate surface area is 103 Å². The predicted molar refractivity (Wildman–Crippen MR) is 63.6 cm³/mol. The SMILES string of the molecule is C=C(N(C)C)C(F)(F)Oc1cc(F)c(N)cc1N. The molecule has 0 bridgehead atoms. The molecule has 0 amide bonds. The van der Waals surface area contributed by atoms with Gasteiger partial charge in [0.2, 0.25) is 0 Å². The van der Waals surface area contributed by atoms with Crippen LogP contribution in [0.3, 0.4) is 0 Å². The maximum Gasteiger partial charge on any atom is 0.441 e. The van der Waals surface area contributed by atoms with Crippen molar-refractivity contribution < 1.29 is 17.9 Å². The lowest BCUT2D eigenvalue weighted by atomic mass is 10.2. The van der Waals surface area contributed by atoms with Crippen LogP contribution in [-0.4, -0.2) is 25.1 Å². The van der Waals surface area contributed by atoms with Gasteiger partial charge in [-0.15, -0.1) is 0 Å². The van der Waals surface area contributed by atoms with E-state index in [0.29, 0.717) is 6.07 Å². The van der Waals surface area contributed by atoms with Gasteiger partial charge in [0.15, 0.2) is 5.75 Å². The maximum atomic E-state index is 13.6. The number of ether oxygens (including phenoxy) is 1. The highest BCUT2D eigenvalue weighted by Crippen LogP contribution is 2.34. The van der Waals surface area contributed by atoms with Crippen LogP contribution in [0.25, 0.3) is 0 Å². The van der Waals surface area contributed by atoms with Crippen molar-refractivity contribution in [2.75, 3.05) is 25.6 Å². The second kappa shape index (κ2) is 4.67. The molecule has 7 heteroatoms. The molecule has 1 aromatic rings. The summed E-state index contributed by atoms with van der Waals surface area (Å²) in [6.07, 6.45) is -3.69. The smallest absolute Gasteiger partial charge is 0.426 e. The highest BCUT2D eigenvalue weighted by atomic mass is 19.3. The Balaban J connectivity index is 3.04. The van der Waals surface area contributed by atoms with Crippen molar-refractivity contribution in [2.45, 2.75) is 6.11 Å². The Morgan fingerprint density at radius 1 is 1.28 bits per heavy atom. The van der Waals surface area contributed by atoms with Gasteiger partial charge in [-0.25, -0.2) is 4.39 Å². The summed E-state index contributed by atoms with van der Waals surface area (Å²) in [5.41, 5.74) is 9.66. The standard InChI is InChI=1S/C11H14F3N3O/c1-6(17(2)3)11(13,14)18-10-4-7(12)8(15)5-9(10)16/h4-5H,1,15-16H2,2-3H3. The molecule has 1 aromatic carbocycles. The third-order valence-corrected chi connectivity index (χ3v) is 2.24. The fraction of sp³-hybridized carbons (Fsp3) is 0.273. The van der Waals surface area contributed by atoms with Crippen LogP contribution in [0.4, 0.5) is 24.5 Å². The van der Waals surface area contributed by atoms with Gasteiger partial charge in [-0.3, -0.25) is 0 Å². The Morgan fingerprint density at radius 2 is 1.83 bits per heavy atom. The number of nitrogen functional groups attached to an aromatic ring is 2. The summed E-state index contributed by atoms with van der Waals surface area (Å²) < 4.78 is 44.7. The molecule has 0 spiro atoms. The number of hydrogen-bond acceptors (Lipinski definition) is 4. The van der Waals surface area contributed by atoms with Crippen LogP contribution in [0.1, 0.15) is 0 Å². The van der Waals surface area contributed by atoms with Gasteiger partial charge in [-0.2, -0.15) is 8.78 Å². The van der Waals surface area contributed by atoms with Crippen molar-refractivity contribution >= 4 is 11.4 Å². The summed E-state index contributed by atoms with van der Waals surface area (Å²) in [5, 5.41) is 0. The molecule has 0 saturated heterocycles. The summed E-state index contributed by atoms with van der Waals surface area (Å²) in [4.78, 5) is 1.09. The van der Waals surface area contributed by atoms with E-state index in [1.165, 1.54) is 14.1 Å². The normalized spacial score (nSPS) is 11.2. The van der Waals surface area contributed by atoms with Crippen LogP contribution in [-0.2, 0) is 0 Å². The summed E-state index contributed by atoms with van der Waals surface area (Å²) in [5.74, 6) is -1.37. The van der Waals surface area contributed by atoms with Gasteiger partial charge >= 0.3 is 6.11 Å². The van der Waals surface area contributed by atoms with Crippen LogP contribution in [0.5, 0.6) is 5.75 Å². The van der Waals surface area contributed by atoms with Crippen LogP contribution in [0.2, 0.25) is 0 Å². The molecule has 0 aliphatic carbocycles. The zero-order valence-corrected chi connectivity index (χ0v) is 10.0. The second-order valence-corrected chi connectivity index (χ2v) is 3.87. The van der Waals surface area contributed by atoms with E-state index in [1.807, 2.05) is 0 Å². The summed E-state index contributed by atoms with van der Waals surface area (Å²) in [6, 6.07) is 1.72. The molecule has 0 radical (unpaired) electrons. The largest absolute Gasteiger partial charge is 0.441 e. The zero-order chi connectivity index (χ0) is 14.1. The van der Waals surface area contributed by atoms with Crippen LogP contribution in [0.15, 0.2) is 24.4 Å². The molecule has 0 fully saturated rings. The highest BCUT2D eigenvalue weighted by molar-refractivity contribution is 5.61. The van der Waals surface area contributed by atoms with E-state index in [1.54, 1.807) is 0 Å². The number of alkyl halides is 2. The van der Waals surface area contributed by atoms with E-state index < -0.39 is 23.4 Å². The molecule has 1 rings (SSSR count). The number of likely N-dealkylation sites (N-methyl/N-ethyl adjacent to an activating group) is 1. The second-order valence-electron chi connectivity index (χ2n) is 3.87. The number of hydrogen-bond donors (Lipinski definition) is 2. The molecular weight excluding hydrogens is 247 g/mol. The molecule has 18 heavy (non-hydrogen) atoms. The molecule has 0 heterocycles. The van der Waals surface area contributed by atoms with Crippen LogP contribution >= 0.6 is 0 Å². The fourth-order valence-corrected chi connectivity index (χ4v) is 1.14. The third kappa shape index (κ3) is 2.79. The molecule has 0 aliphatic rings. The lowest BCUT2D eigenvalue weighted by Crippen LogP contribution is -2.34. The average Bonchev–Trinajstić information content (AvgIpc) is 2.24. The first-order valence-corrected chi connectivity index (χ1v) is 4.93. The van der Waals surface area contributed by atoms with E-state index >= 15 is 0 Å². The highest BCUT2D eigenvalue weighted by Gasteiger charge is 2.38. The number of rotatable bonds is 4. The van der Waals surface area contributed by atoms with Gasteiger partial charge in [0.1, 0.15) is 11.5 Å². The van der Waals surface area contributed by atoms with E-state index in [2.05, 4.69) is 11.3 Å². The van der Waals surface area contributed by atoms with E-state index in [4.69, 9.17) is 11.5 Å². The molecule has 0 atom stereocenters. The van der Waals surface area contributed by atoms with Crippen LogP contribution < -0.4 is 16.2 Å². The molecule has 0 aliphatic heterocycles. The molecule has 0 aromatic heterocycles. The van der Waals surface area contributed by atoms with Crippen molar-refractivity contribution in [3.05, 3.63) is 30.2 Å². The van der Waals surface area contributed by atoms with E-state index in [9.17, 15) is 13.2 Å². The molecule has 0 saturated carbocycles.